The molecule has 1 saturated heterocycles. The van der Waals surface area contributed by atoms with Gasteiger partial charge in [-0.2, -0.15) is 0 Å². The molecule has 0 aromatic heterocycles. The molecule has 5 heteroatoms. The first-order valence-corrected chi connectivity index (χ1v) is 7.58. The molecule has 100 valence electrons. The summed E-state index contributed by atoms with van der Waals surface area (Å²) in [6.45, 7) is 4.58. The number of ether oxygens (including phenoxy) is 1. The molecule has 2 rings (SSSR count). The molecular weight excluding hydrogens is 362 g/mol. The van der Waals surface area contributed by atoms with Gasteiger partial charge in [-0.25, -0.2) is 0 Å². The van der Waals surface area contributed by atoms with Gasteiger partial charge < -0.3 is 15.2 Å². The lowest BCUT2D eigenvalue weighted by Crippen LogP contribution is -2.48. The summed E-state index contributed by atoms with van der Waals surface area (Å²) >= 11 is 6.69. The van der Waals surface area contributed by atoms with Crippen molar-refractivity contribution in [3.63, 3.8) is 0 Å². The summed E-state index contributed by atoms with van der Waals surface area (Å²) in [4.78, 5) is 0. The Kier molecular flexibility index (Phi) is 4.69. The number of benzene rings is 1. The number of aromatic hydroxyl groups is 1. The molecule has 0 amide bonds. The molecule has 1 fully saturated rings. The minimum atomic E-state index is 0.0507. The zero-order chi connectivity index (χ0) is 13.2. The molecule has 1 aliphatic heterocycles. The highest BCUT2D eigenvalue weighted by Crippen LogP contribution is 2.33. The molecule has 0 spiro atoms. The Hall–Kier alpha value is -0.100. The molecule has 0 aliphatic carbocycles. The van der Waals surface area contributed by atoms with E-state index < -0.39 is 0 Å². The van der Waals surface area contributed by atoms with Crippen LogP contribution in [0.1, 0.15) is 25.3 Å². The van der Waals surface area contributed by atoms with Gasteiger partial charge in [-0.05, 0) is 69.3 Å². The van der Waals surface area contributed by atoms with Crippen LogP contribution in [0.25, 0.3) is 0 Å². The van der Waals surface area contributed by atoms with Crippen molar-refractivity contribution in [1.29, 1.82) is 0 Å². The molecule has 1 heterocycles. The fourth-order valence-electron chi connectivity index (χ4n) is 2.11. The normalized spacial score (nSPS) is 24.2. The summed E-state index contributed by atoms with van der Waals surface area (Å²) in [5, 5.41) is 13.2. The number of rotatable bonds is 3. The third kappa shape index (κ3) is 3.47. The summed E-state index contributed by atoms with van der Waals surface area (Å²) < 4.78 is 6.93. The van der Waals surface area contributed by atoms with Crippen molar-refractivity contribution in [2.75, 3.05) is 13.2 Å². The summed E-state index contributed by atoms with van der Waals surface area (Å²) in [6, 6.07) is 3.86. The minimum absolute atomic E-state index is 0.0507. The highest BCUT2D eigenvalue weighted by atomic mass is 79.9. The number of hydrogen-bond acceptors (Lipinski definition) is 3. The molecule has 1 aromatic carbocycles. The molecule has 1 unspecified atom stereocenters. The Morgan fingerprint density at radius 3 is 2.61 bits per heavy atom. The molecule has 1 aromatic rings. The molecule has 18 heavy (non-hydrogen) atoms. The van der Waals surface area contributed by atoms with Gasteiger partial charge in [-0.3, -0.25) is 0 Å². The predicted molar refractivity (Wildman–Crippen MR) is 78.8 cm³/mol. The number of nitrogens with one attached hydrogen (secondary N) is 1. The average molecular weight is 379 g/mol. The SMILES string of the molecule is CC1(NCc2cc(Br)c(O)c(Br)c2)CCCOC1. The van der Waals surface area contributed by atoms with Crippen molar-refractivity contribution in [2.24, 2.45) is 0 Å². The third-order valence-corrected chi connectivity index (χ3v) is 4.44. The zero-order valence-electron chi connectivity index (χ0n) is 10.3. The summed E-state index contributed by atoms with van der Waals surface area (Å²) in [5.41, 5.74) is 1.17. The van der Waals surface area contributed by atoms with Crippen molar-refractivity contribution in [3.8, 4) is 5.75 Å². The smallest absolute Gasteiger partial charge is 0.143 e. The molecule has 3 nitrogen and oxygen atoms in total. The largest absolute Gasteiger partial charge is 0.506 e. The van der Waals surface area contributed by atoms with Crippen LogP contribution in [-0.4, -0.2) is 23.9 Å². The first kappa shape index (κ1) is 14.3. The van der Waals surface area contributed by atoms with Crippen molar-refractivity contribution in [1.82, 2.24) is 5.32 Å². The van der Waals surface area contributed by atoms with Gasteiger partial charge in [-0.15, -0.1) is 0 Å². The van der Waals surface area contributed by atoms with Crippen LogP contribution in [0.4, 0.5) is 0 Å². The topological polar surface area (TPSA) is 41.5 Å². The van der Waals surface area contributed by atoms with Gasteiger partial charge in [-0.1, -0.05) is 0 Å². The second kappa shape index (κ2) is 5.90. The Labute approximate surface area is 124 Å². The number of halogens is 2. The van der Waals surface area contributed by atoms with E-state index in [1.165, 1.54) is 0 Å². The minimum Gasteiger partial charge on any atom is -0.506 e. The number of phenolic OH excluding ortho intramolecular Hbond substituents is 1. The predicted octanol–water partition coefficient (Wildman–Crippen LogP) is 3.58. The van der Waals surface area contributed by atoms with Crippen molar-refractivity contribution in [2.45, 2.75) is 31.8 Å². The Bertz CT molecular complexity index is 408. The maximum Gasteiger partial charge on any atom is 0.143 e. The lowest BCUT2D eigenvalue weighted by atomic mass is 9.94. The van der Waals surface area contributed by atoms with Crippen molar-refractivity contribution < 1.29 is 9.84 Å². The Balaban J connectivity index is 2.01. The third-order valence-electron chi connectivity index (χ3n) is 3.23. The summed E-state index contributed by atoms with van der Waals surface area (Å²) in [6.07, 6.45) is 2.24. The van der Waals surface area contributed by atoms with E-state index in [0.29, 0.717) is 8.95 Å². The second-order valence-corrected chi connectivity index (χ2v) is 6.69. The second-order valence-electron chi connectivity index (χ2n) is 4.98. The van der Waals surface area contributed by atoms with Crippen LogP contribution in [0.5, 0.6) is 5.75 Å². The van der Waals surface area contributed by atoms with Crippen LogP contribution in [0.2, 0.25) is 0 Å². The van der Waals surface area contributed by atoms with Crippen LogP contribution in [0.15, 0.2) is 21.1 Å². The molecular formula is C13H17Br2NO2. The van der Waals surface area contributed by atoms with Gasteiger partial charge in [0.25, 0.3) is 0 Å². The molecule has 2 N–H and O–H groups in total. The van der Waals surface area contributed by atoms with E-state index >= 15 is 0 Å². The van der Waals surface area contributed by atoms with Gasteiger partial charge in [0, 0.05) is 18.7 Å². The zero-order valence-corrected chi connectivity index (χ0v) is 13.5. The standard InChI is InChI=1S/C13H17Br2NO2/c1-13(3-2-4-18-8-13)16-7-9-5-10(14)12(17)11(15)6-9/h5-6,16-17H,2-4,7-8H2,1H3. The number of phenols is 1. The first-order valence-electron chi connectivity index (χ1n) is 6.00. The number of hydrogen-bond donors (Lipinski definition) is 2. The van der Waals surface area contributed by atoms with Crippen LogP contribution in [-0.2, 0) is 11.3 Å². The van der Waals surface area contributed by atoms with E-state index in [1.807, 2.05) is 12.1 Å². The van der Waals surface area contributed by atoms with Crippen LogP contribution < -0.4 is 5.32 Å². The van der Waals surface area contributed by atoms with Gasteiger partial charge in [0.05, 0.1) is 15.6 Å². The van der Waals surface area contributed by atoms with E-state index in [-0.39, 0.29) is 11.3 Å². The lowest BCUT2D eigenvalue weighted by Gasteiger charge is -2.34. The fraction of sp³-hybridized carbons (Fsp3) is 0.538. The molecule has 0 saturated carbocycles. The van der Waals surface area contributed by atoms with Gasteiger partial charge in [0.15, 0.2) is 0 Å². The summed E-state index contributed by atoms with van der Waals surface area (Å²) in [5.74, 6) is 0.242. The van der Waals surface area contributed by atoms with Crippen LogP contribution >= 0.6 is 31.9 Å². The Morgan fingerprint density at radius 1 is 1.39 bits per heavy atom. The van der Waals surface area contributed by atoms with Gasteiger partial charge in [0.2, 0.25) is 0 Å². The molecule has 0 bridgehead atoms. The van der Waals surface area contributed by atoms with E-state index in [4.69, 9.17) is 4.74 Å². The van der Waals surface area contributed by atoms with E-state index in [2.05, 4.69) is 44.1 Å². The van der Waals surface area contributed by atoms with Crippen molar-refractivity contribution in [3.05, 3.63) is 26.6 Å². The van der Waals surface area contributed by atoms with Gasteiger partial charge in [0.1, 0.15) is 5.75 Å². The van der Waals surface area contributed by atoms with Crippen LogP contribution in [0.3, 0.4) is 0 Å². The summed E-state index contributed by atoms with van der Waals surface area (Å²) in [7, 11) is 0. The highest BCUT2D eigenvalue weighted by Gasteiger charge is 2.26. The van der Waals surface area contributed by atoms with E-state index in [9.17, 15) is 5.11 Å². The van der Waals surface area contributed by atoms with Crippen molar-refractivity contribution >= 4 is 31.9 Å². The Morgan fingerprint density at radius 2 is 2.06 bits per heavy atom. The quantitative estimate of drug-likeness (QED) is 0.844. The average Bonchev–Trinajstić information content (AvgIpc) is 2.34. The monoisotopic (exact) mass is 377 g/mol. The molecule has 0 radical (unpaired) electrons. The lowest BCUT2D eigenvalue weighted by molar-refractivity contribution is 0.0278. The fourth-order valence-corrected chi connectivity index (χ4v) is 3.39. The maximum atomic E-state index is 9.66. The molecule has 1 aliphatic rings. The molecule has 1 atom stereocenters. The maximum absolute atomic E-state index is 9.66. The van der Waals surface area contributed by atoms with E-state index in [1.54, 1.807) is 0 Å². The first-order chi connectivity index (χ1) is 8.50. The highest BCUT2D eigenvalue weighted by molar-refractivity contribution is 9.11. The van der Waals surface area contributed by atoms with E-state index in [0.717, 1.165) is 38.2 Å². The van der Waals surface area contributed by atoms with Crippen LogP contribution in [0, 0.1) is 0 Å². The van der Waals surface area contributed by atoms with Gasteiger partial charge >= 0.3 is 0 Å².